The number of amides is 5. The topological polar surface area (TPSA) is 122 Å². The lowest BCUT2D eigenvalue weighted by atomic mass is 9.96. The number of nitrogens with zero attached hydrogens (tertiary/aromatic N) is 4. The molecule has 0 saturated carbocycles. The Balaban J connectivity index is 1.75. The predicted molar refractivity (Wildman–Crippen MR) is 178 cm³/mol. The Morgan fingerprint density at radius 1 is 0.783 bits per heavy atom. The summed E-state index contributed by atoms with van der Waals surface area (Å²) < 4.78 is 0. The van der Waals surface area contributed by atoms with Crippen molar-refractivity contribution in [3.8, 4) is 0 Å². The van der Waals surface area contributed by atoms with Gasteiger partial charge in [-0.05, 0) is 63.1 Å². The van der Waals surface area contributed by atoms with Gasteiger partial charge in [-0.15, -0.1) is 0 Å². The van der Waals surface area contributed by atoms with Crippen molar-refractivity contribution in [1.82, 2.24) is 30.2 Å². The zero-order chi connectivity index (χ0) is 34.3. The first-order chi connectivity index (χ1) is 21.7. The second-order valence-corrected chi connectivity index (χ2v) is 14.1. The number of carbonyl (C=O) groups is 5. The molecule has 5 amide bonds. The molecule has 1 unspecified atom stereocenters. The van der Waals surface area contributed by atoms with E-state index in [0.29, 0.717) is 38.9 Å². The molecule has 2 aliphatic rings. The van der Waals surface area contributed by atoms with Crippen LogP contribution in [0.4, 0.5) is 0 Å². The predicted octanol–water partition coefficient (Wildman–Crippen LogP) is 2.49. The van der Waals surface area contributed by atoms with E-state index in [2.05, 4.69) is 10.6 Å². The zero-order valence-electron chi connectivity index (χ0n) is 29.3. The average Bonchev–Trinajstić information content (AvgIpc) is 3.68. The van der Waals surface area contributed by atoms with Crippen molar-refractivity contribution in [2.75, 3.05) is 34.2 Å². The van der Waals surface area contributed by atoms with E-state index in [9.17, 15) is 24.0 Å². The summed E-state index contributed by atoms with van der Waals surface area (Å²) in [6, 6.07) is 6.32. The molecule has 1 aromatic carbocycles. The average molecular weight is 641 g/mol. The fourth-order valence-corrected chi connectivity index (χ4v) is 6.99. The van der Waals surface area contributed by atoms with Crippen LogP contribution in [0.2, 0.25) is 0 Å². The van der Waals surface area contributed by atoms with E-state index in [1.807, 2.05) is 90.9 Å². The van der Waals surface area contributed by atoms with Gasteiger partial charge in [0.1, 0.15) is 24.2 Å². The smallest absolute Gasteiger partial charge is 0.246 e. The normalized spacial score (nSPS) is 20.3. The molecule has 2 N–H and O–H groups in total. The maximum absolute atomic E-state index is 14.2. The highest BCUT2D eigenvalue weighted by Crippen LogP contribution is 2.28. The molecule has 2 aliphatic heterocycles. The van der Waals surface area contributed by atoms with Crippen LogP contribution in [0.3, 0.4) is 0 Å². The molecule has 0 bridgehead atoms. The van der Waals surface area contributed by atoms with Gasteiger partial charge in [-0.25, -0.2) is 0 Å². The van der Waals surface area contributed by atoms with Crippen molar-refractivity contribution in [3.63, 3.8) is 0 Å². The third-order valence-corrected chi connectivity index (χ3v) is 9.31. The van der Waals surface area contributed by atoms with E-state index in [4.69, 9.17) is 0 Å². The van der Waals surface area contributed by atoms with Gasteiger partial charge < -0.3 is 25.3 Å². The molecule has 256 valence electrons. The number of likely N-dealkylation sites (N-methyl/N-ethyl adjacent to an activating group) is 2. The van der Waals surface area contributed by atoms with Crippen LogP contribution in [0.5, 0.6) is 0 Å². The molecule has 11 heteroatoms. The van der Waals surface area contributed by atoms with Crippen LogP contribution in [-0.2, 0) is 30.5 Å². The number of hydrogen-bond acceptors (Lipinski definition) is 6. The molecule has 1 aromatic rings. The van der Waals surface area contributed by atoms with Gasteiger partial charge in [0.25, 0.3) is 0 Å². The van der Waals surface area contributed by atoms with Crippen molar-refractivity contribution in [2.45, 2.75) is 104 Å². The first kappa shape index (κ1) is 37.0. The number of carbonyl (C=O) groups excluding carboxylic acids is 5. The van der Waals surface area contributed by atoms with E-state index in [-0.39, 0.29) is 47.3 Å². The monoisotopic (exact) mass is 640 g/mol. The minimum atomic E-state index is -0.822. The van der Waals surface area contributed by atoms with Crippen LogP contribution in [0.1, 0.15) is 72.8 Å². The highest BCUT2D eigenvalue weighted by Gasteiger charge is 2.45. The van der Waals surface area contributed by atoms with Gasteiger partial charge in [0.05, 0.1) is 6.04 Å². The fraction of sp³-hybridized carbons (Fsp3) is 0.686. The van der Waals surface area contributed by atoms with E-state index in [1.54, 1.807) is 16.8 Å². The van der Waals surface area contributed by atoms with Crippen LogP contribution < -0.4 is 10.6 Å². The summed E-state index contributed by atoms with van der Waals surface area (Å²) in [4.78, 5) is 75.1. The van der Waals surface area contributed by atoms with Gasteiger partial charge in [0, 0.05) is 26.7 Å². The highest BCUT2D eigenvalue weighted by atomic mass is 16.2. The van der Waals surface area contributed by atoms with Crippen molar-refractivity contribution in [1.29, 1.82) is 0 Å². The van der Waals surface area contributed by atoms with Crippen molar-refractivity contribution in [2.24, 2.45) is 17.8 Å². The summed E-state index contributed by atoms with van der Waals surface area (Å²) >= 11 is 0. The van der Waals surface area contributed by atoms with Gasteiger partial charge in [-0.1, -0.05) is 71.9 Å². The molecule has 0 spiro atoms. The van der Waals surface area contributed by atoms with Crippen LogP contribution in [-0.4, -0.2) is 114 Å². The maximum atomic E-state index is 14.2. The van der Waals surface area contributed by atoms with Gasteiger partial charge in [-0.2, -0.15) is 0 Å². The summed E-state index contributed by atoms with van der Waals surface area (Å²) in [5, 5.41) is 5.94. The number of benzene rings is 1. The van der Waals surface area contributed by atoms with E-state index in [0.717, 1.165) is 12.0 Å². The molecule has 2 saturated heterocycles. The molecule has 11 nitrogen and oxygen atoms in total. The number of rotatable bonds is 13. The standard InChI is InChI=1S/C35H56N6O5/c1-22(2)28(37-32(43)29(23(3)4)38(7)8)34(45)39(9)30(24(5)6)35(46)41-20-14-18-27(41)33(44)40-19-13-17-26(40)31(42)36-21-25-15-11-10-12-16-25/h10-12,15-16,22-24,26-30H,13-14,17-21H2,1-9H3,(H,36,42)(H,37,43)/t26-,27-,28-,29?,30-/m0/s1. The van der Waals surface area contributed by atoms with Gasteiger partial charge in [-0.3, -0.25) is 28.9 Å². The Morgan fingerprint density at radius 2 is 1.35 bits per heavy atom. The lowest BCUT2D eigenvalue weighted by molar-refractivity contribution is -0.153. The molecule has 0 aliphatic carbocycles. The Kier molecular flexibility index (Phi) is 13.2. The number of hydrogen-bond donors (Lipinski definition) is 2. The molecule has 46 heavy (non-hydrogen) atoms. The molecular weight excluding hydrogens is 584 g/mol. The van der Waals surface area contributed by atoms with Gasteiger partial charge in [0.2, 0.25) is 29.5 Å². The summed E-state index contributed by atoms with van der Waals surface area (Å²) in [5.74, 6) is -1.67. The minimum absolute atomic E-state index is 0.0374. The first-order valence-electron chi connectivity index (χ1n) is 16.8. The fourth-order valence-electron chi connectivity index (χ4n) is 6.99. The molecule has 5 atom stereocenters. The van der Waals surface area contributed by atoms with Crippen LogP contribution in [0, 0.1) is 17.8 Å². The molecule has 2 fully saturated rings. The molecule has 3 rings (SSSR count). The van der Waals surface area contributed by atoms with E-state index < -0.39 is 30.2 Å². The zero-order valence-corrected chi connectivity index (χ0v) is 29.3. The minimum Gasteiger partial charge on any atom is -0.350 e. The highest BCUT2D eigenvalue weighted by molar-refractivity contribution is 5.96. The van der Waals surface area contributed by atoms with E-state index in [1.165, 1.54) is 4.90 Å². The molecule has 2 heterocycles. The van der Waals surface area contributed by atoms with Crippen molar-refractivity contribution < 1.29 is 24.0 Å². The second kappa shape index (κ2) is 16.4. The SMILES string of the molecule is CC(C)C(C(=O)N[C@H](C(=O)N(C)[C@H](C(=O)N1CCC[C@H]1C(=O)N1CCC[C@H]1C(=O)NCc1ccccc1)C(C)C)C(C)C)N(C)C. The molecule has 0 radical (unpaired) electrons. The van der Waals surface area contributed by atoms with Crippen LogP contribution >= 0.6 is 0 Å². The summed E-state index contributed by atoms with van der Waals surface area (Å²) in [6.07, 6.45) is 2.46. The summed E-state index contributed by atoms with van der Waals surface area (Å²) in [7, 11) is 5.29. The Morgan fingerprint density at radius 3 is 1.89 bits per heavy atom. The molecular formula is C35H56N6O5. The van der Waals surface area contributed by atoms with E-state index >= 15 is 0 Å². The lowest BCUT2D eigenvalue weighted by Crippen LogP contribution is -2.61. The third-order valence-electron chi connectivity index (χ3n) is 9.31. The summed E-state index contributed by atoms with van der Waals surface area (Å²) in [5.41, 5.74) is 0.981. The quantitative estimate of drug-likeness (QED) is 0.342. The Labute approximate surface area is 275 Å². The first-order valence-corrected chi connectivity index (χ1v) is 16.8. The number of nitrogens with one attached hydrogen (secondary N) is 2. The van der Waals surface area contributed by atoms with Gasteiger partial charge >= 0.3 is 0 Å². The molecule has 0 aromatic heterocycles. The van der Waals surface area contributed by atoms with Crippen LogP contribution in [0.25, 0.3) is 0 Å². The van der Waals surface area contributed by atoms with Gasteiger partial charge in [0.15, 0.2) is 0 Å². The van der Waals surface area contributed by atoms with Crippen molar-refractivity contribution in [3.05, 3.63) is 35.9 Å². The maximum Gasteiger partial charge on any atom is 0.246 e. The van der Waals surface area contributed by atoms with Crippen molar-refractivity contribution >= 4 is 29.5 Å². The largest absolute Gasteiger partial charge is 0.350 e. The Bertz CT molecular complexity index is 1210. The number of likely N-dealkylation sites (tertiary alicyclic amines) is 2. The van der Waals surface area contributed by atoms with Crippen LogP contribution in [0.15, 0.2) is 30.3 Å². The summed E-state index contributed by atoms with van der Waals surface area (Å²) in [6.45, 7) is 12.7. The lowest BCUT2D eigenvalue weighted by Gasteiger charge is -2.38. The Hall–Kier alpha value is -3.47. The second-order valence-electron chi connectivity index (χ2n) is 14.1. The third kappa shape index (κ3) is 8.66.